The molecule has 1 aromatic carbocycles. The number of nitrogens with one attached hydrogen (secondary N) is 1. The van der Waals surface area contributed by atoms with Gasteiger partial charge in [-0.15, -0.1) is 11.3 Å². The lowest BCUT2D eigenvalue weighted by Gasteiger charge is -2.16. The molecule has 0 aliphatic rings. The fraction of sp³-hybridized carbons (Fsp3) is 0.231. The van der Waals surface area contributed by atoms with Gasteiger partial charge in [-0.05, 0) is 53.2 Å². The Balaban J connectivity index is 2.26. The molecular weight excluding hydrogens is 353 g/mol. The third kappa shape index (κ3) is 3.28. The van der Waals surface area contributed by atoms with Crippen molar-refractivity contribution in [2.24, 2.45) is 0 Å². The van der Waals surface area contributed by atoms with Gasteiger partial charge in [-0.1, -0.05) is 29.3 Å². The lowest BCUT2D eigenvalue weighted by Crippen LogP contribution is -2.18. The summed E-state index contributed by atoms with van der Waals surface area (Å²) in [5.41, 5.74) is 0.990. The zero-order valence-electron chi connectivity index (χ0n) is 9.71. The molecule has 0 fully saturated rings. The number of benzene rings is 1. The number of halogens is 3. The number of thiophene rings is 1. The zero-order chi connectivity index (χ0) is 13.1. The summed E-state index contributed by atoms with van der Waals surface area (Å²) in [5.74, 6) is 0. The van der Waals surface area contributed by atoms with Gasteiger partial charge in [-0.25, -0.2) is 0 Å². The number of rotatable bonds is 4. The predicted octanol–water partition coefficient (Wildman–Crippen LogP) is 5.32. The van der Waals surface area contributed by atoms with Gasteiger partial charge in [0.15, 0.2) is 0 Å². The van der Waals surface area contributed by atoms with E-state index in [0.717, 1.165) is 26.5 Å². The van der Waals surface area contributed by atoms with E-state index in [9.17, 15) is 0 Å². The molecule has 5 heteroatoms. The minimum atomic E-state index is 0.221. The summed E-state index contributed by atoms with van der Waals surface area (Å²) in [6, 6.07) is 7.96. The molecule has 1 unspecified atom stereocenters. The van der Waals surface area contributed by atoms with Crippen LogP contribution in [0, 0.1) is 0 Å². The van der Waals surface area contributed by atoms with Crippen LogP contribution in [0.3, 0.4) is 0 Å². The monoisotopic (exact) mass is 363 g/mol. The van der Waals surface area contributed by atoms with E-state index >= 15 is 0 Å². The first kappa shape index (κ1) is 14.4. The molecule has 0 bridgehead atoms. The van der Waals surface area contributed by atoms with Gasteiger partial charge in [0.25, 0.3) is 0 Å². The molecule has 0 amide bonds. The first-order valence-corrected chi connectivity index (χ1v) is 7.88. The molecule has 0 radical (unpaired) electrons. The number of hydrogen-bond acceptors (Lipinski definition) is 2. The summed E-state index contributed by atoms with van der Waals surface area (Å²) >= 11 is 17.6. The molecule has 1 atom stereocenters. The maximum atomic E-state index is 6.21. The van der Waals surface area contributed by atoms with Crippen LogP contribution in [-0.4, -0.2) is 7.05 Å². The molecular formula is C13H12BrCl2NS. The van der Waals surface area contributed by atoms with Crippen LogP contribution in [0.5, 0.6) is 0 Å². The summed E-state index contributed by atoms with van der Waals surface area (Å²) in [5, 5.41) is 6.83. The van der Waals surface area contributed by atoms with E-state index in [1.807, 2.05) is 25.2 Å². The molecule has 1 N–H and O–H groups in total. The Bertz CT molecular complexity index is 521. The average molecular weight is 365 g/mol. The fourth-order valence-electron chi connectivity index (χ4n) is 1.79. The van der Waals surface area contributed by atoms with Crippen LogP contribution in [0.1, 0.15) is 16.5 Å². The third-order valence-electron chi connectivity index (χ3n) is 2.75. The van der Waals surface area contributed by atoms with Crippen molar-refractivity contribution >= 4 is 50.5 Å². The van der Waals surface area contributed by atoms with Crippen molar-refractivity contribution < 1.29 is 0 Å². The molecule has 2 rings (SSSR count). The standard InChI is InChI=1S/C13H12BrCl2NS/c1-17-12(13-5-8(14)7-18-13)6-9-10(15)3-2-4-11(9)16/h2-5,7,12,17H,6H2,1H3. The molecule has 1 nitrogen and oxygen atoms in total. The molecule has 2 aromatic rings. The second kappa shape index (κ2) is 6.40. The van der Waals surface area contributed by atoms with Gasteiger partial charge in [0.2, 0.25) is 0 Å². The Hall–Kier alpha value is -0.0600. The molecule has 0 aliphatic heterocycles. The van der Waals surface area contributed by atoms with E-state index in [0.29, 0.717) is 0 Å². The molecule has 96 valence electrons. The van der Waals surface area contributed by atoms with Crippen molar-refractivity contribution in [3.05, 3.63) is 54.6 Å². The second-order valence-electron chi connectivity index (χ2n) is 3.91. The second-order valence-corrected chi connectivity index (χ2v) is 6.59. The molecule has 1 aromatic heterocycles. The largest absolute Gasteiger partial charge is 0.312 e. The van der Waals surface area contributed by atoms with Crippen molar-refractivity contribution in [2.75, 3.05) is 7.05 Å². The summed E-state index contributed by atoms with van der Waals surface area (Å²) < 4.78 is 1.10. The summed E-state index contributed by atoms with van der Waals surface area (Å²) in [6.07, 6.45) is 0.780. The van der Waals surface area contributed by atoms with Gasteiger partial charge < -0.3 is 5.32 Å². The zero-order valence-corrected chi connectivity index (χ0v) is 13.6. The highest BCUT2D eigenvalue weighted by Crippen LogP contribution is 2.32. The molecule has 0 saturated carbocycles. The minimum Gasteiger partial charge on any atom is -0.312 e. The van der Waals surface area contributed by atoms with Crippen LogP contribution >= 0.6 is 50.5 Å². The summed E-state index contributed by atoms with van der Waals surface area (Å²) in [7, 11) is 1.95. The Morgan fingerprint density at radius 2 is 2.00 bits per heavy atom. The first-order chi connectivity index (χ1) is 8.61. The smallest absolute Gasteiger partial charge is 0.0454 e. The average Bonchev–Trinajstić information content (AvgIpc) is 2.76. The van der Waals surface area contributed by atoms with Crippen LogP contribution in [0.25, 0.3) is 0 Å². The van der Waals surface area contributed by atoms with Gasteiger partial charge >= 0.3 is 0 Å². The van der Waals surface area contributed by atoms with Crippen molar-refractivity contribution in [1.29, 1.82) is 0 Å². The molecule has 0 saturated heterocycles. The third-order valence-corrected chi connectivity index (χ3v) is 5.27. The Morgan fingerprint density at radius 1 is 1.33 bits per heavy atom. The Labute approximate surface area is 129 Å². The summed E-state index contributed by atoms with van der Waals surface area (Å²) in [6.45, 7) is 0. The van der Waals surface area contributed by atoms with E-state index in [1.54, 1.807) is 11.3 Å². The van der Waals surface area contributed by atoms with E-state index in [4.69, 9.17) is 23.2 Å². The Morgan fingerprint density at radius 3 is 2.50 bits per heavy atom. The van der Waals surface area contributed by atoms with Crippen molar-refractivity contribution in [3.8, 4) is 0 Å². The molecule has 0 spiro atoms. The van der Waals surface area contributed by atoms with Gasteiger partial charge in [0.05, 0.1) is 0 Å². The fourth-order valence-corrected chi connectivity index (χ4v) is 3.89. The van der Waals surface area contributed by atoms with Crippen LogP contribution in [0.15, 0.2) is 34.1 Å². The van der Waals surface area contributed by atoms with Gasteiger partial charge in [0, 0.05) is 30.8 Å². The molecule has 1 heterocycles. The van der Waals surface area contributed by atoms with Crippen molar-refractivity contribution in [1.82, 2.24) is 5.32 Å². The van der Waals surface area contributed by atoms with Crippen LogP contribution in [-0.2, 0) is 6.42 Å². The number of hydrogen-bond donors (Lipinski definition) is 1. The Kier molecular flexibility index (Phi) is 5.10. The van der Waals surface area contributed by atoms with Crippen LogP contribution in [0.4, 0.5) is 0 Å². The minimum absolute atomic E-state index is 0.221. The van der Waals surface area contributed by atoms with Gasteiger partial charge in [-0.3, -0.25) is 0 Å². The van der Waals surface area contributed by atoms with Gasteiger partial charge in [0.1, 0.15) is 0 Å². The maximum Gasteiger partial charge on any atom is 0.0454 e. The normalized spacial score (nSPS) is 12.7. The van der Waals surface area contributed by atoms with Crippen molar-refractivity contribution in [3.63, 3.8) is 0 Å². The van der Waals surface area contributed by atoms with E-state index in [2.05, 4.69) is 32.7 Å². The predicted molar refractivity (Wildman–Crippen MR) is 84.0 cm³/mol. The topological polar surface area (TPSA) is 12.0 Å². The highest BCUT2D eigenvalue weighted by atomic mass is 79.9. The van der Waals surface area contributed by atoms with Crippen LogP contribution < -0.4 is 5.32 Å². The van der Waals surface area contributed by atoms with Gasteiger partial charge in [-0.2, -0.15) is 0 Å². The number of likely N-dealkylation sites (N-methyl/N-ethyl adjacent to an activating group) is 1. The highest BCUT2D eigenvalue weighted by Gasteiger charge is 2.16. The molecule has 0 aliphatic carbocycles. The van der Waals surface area contributed by atoms with E-state index in [1.165, 1.54) is 4.88 Å². The van der Waals surface area contributed by atoms with Crippen molar-refractivity contribution in [2.45, 2.75) is 12.5 Å². The van der Waals surface area contributed by atoms with Crippen LogP contribution in [0.2, 0.25) is 10.0 Å². The SMILES string of the molecule is CNC(Cc1c(Cl)cccc1Cl)c1cc(Br)cs1. The first-order valence-electron chi connectivity index (χ1n) is 5.46. The lowest BCUT2D eigenvalue weighted by atomic mass is 10.0. The quantitative estimate of drug-likeness (QED) is 0.773. The van der Waals surface area contributed by atoms with E-state index < -0.39 is 0 Å². The summed E-state index contributed by atoms with van der Waals surface area (Å²) in [4.78, 5) is 1.26. The maximum absolute atomic E-state index is 6.21. The molecule has 18 heavy (non-hydrogen) atoms. The highest BCUT2D eigenvalue weighted by molar-refractivity contribution is 9.10. The van der Waals surface area contributed by atoms with E-state index in [-0.39, 0.29) is 6.04 Å². The lowest BCUT2D eigenvalue weighted by molar-refractivity contribution is 0.602.